The molecule has 0 bridgehead atoms. The van der Waals surface area contributed by atoms with Crippen molar-refractivity contribution in [2.45, 2.75) is 42.1 Å². The Hall–Kier alpha value is -5.90. The molecule has 3 amide bonds. The van der Waals surface area contributed by atoms with E-state index >= 15 is 0 Å². The van der Waals surface area contributed by atoms with Gasteiger partial charge in [-0.25, -0.2) is 19.0 Å². The fraction of sp³-hybridized carbons (Fsp3) is 0.242. The van der Waals surface area contributed by atoms with Crippen molar-refractivity contribution in [3.63, 3.8) is 0 Å². The first-order valence-electron chi connectivity index (χ1n) is 14.8. The molecular weight excluding hydrogens is 660 g/mol. The fourth-order valence-electron chi connectivity index (χ4n) is 5.89. The van der Waals surface area contributed by atoms with Crippen LogP contribution in [0.2, 0.25) is 0 Å². The number of fused-ring (bicyclic) bond motifs is 2. The van der Waals surface area contributed by atoms with Gasteiger partial charge in [0.1, 0.15) is 23.5 Å². The van der Waals surface area contributed by atoms with Crippen molar-refractivity contribution in [3.8, 4) is 11.4 Å². The molecule has 2 fully saturated rings. The highest BCUT2D eigenvalue weighted by molar-refractivity contribution is 8.01. The molecule has 0 radical (unpaired) electrons. The van der Waals surface area contributed by atoms with E-state index in [1.54, 1.807) is 44.2 Å². The minimum absolute atomic E-state index is 0.0244. The number of nitrogens with zero attached hydrogens (tertiary/aromatic N) is 2. The third-order valence-corrected chi connectivity index (χ3v) is 9.73. The summed E-state index contributed by atoms with van der Waals surface area (Å²) in [6.45, 7) is 3.43. The molecule has 15 nitrogen and oxygen atoms in total. The second-order valence-electron chi connectivity index (χ2n) is 11.6. The Balaban J connectivity index is 1.27. The number of carboxylic acid groups (broad SMARTS) is 1. The number of aromatic nitrogens is 1. The maximum absolute atomic E-state index is 13.7. The number of rotatable bonds is 8. The predicted octanol–water partition coefficient (Wildman–Crippen LogP) is 2.19. The van der Waals surface area contributed by atoms with Crippen molar-refractivity contribution >= 4 is 52.6 Å². The van der Waals surface area contributed by atoms with Crippen molar-refractivity contribution in [2.24, 2.45) is 0 Å². The van der Waals surface area contributed by atoms with Crippen LogP contribution in [-0.2, 0) is 19.1 Å². The lowest BCUT2D eigenvalue weighted by Crippen LogP contribution is -2.71. The zero-order valence-electron chi connectivity index (χ0n) is 26.1. The van der Waals surface area contributed by atoms with Crippen molar-refractivity contribution < 1.29 is 43.0 Å². The number of hydrogen-bond acceptors (Lipinski definition) is 11. The summed E-state index contributed by atoms with van der Waals surface area (Å²) in [5.74, 6) is -4.48. The van der Waals surface area contributed by atoms with Crippen LogP contribution in [0.4, 0.5) is 4.79 Å². The number of thioether (sulfide) groups is 1. The lowest BCUT2D eigenvalue weighted by Gasteiger charge is -2.44. The summed E-state index contributed by atoms with van der Waals surface area (Å²) in [7, 11) is 1.09. The number of amides is 3. The zero-order valence-corrected chi connectivity index (χ0v) is 26.9. The number of methoxy groups -OCH3 is 1. The molecule has 3 heterocycles. The molecule has 1 aromatic heterocycles. The first-order valence-corrected chi connectivity index (χ1v) is 15.6. The van der Waals surface area contributed by atoms with Crippen LogP contribution in [-0.4, -0.2) is 73.7 Å². The number of nitrogens with one attached hydrogen (secondary N) is 2. The minimum atomic E-state index is -1.28. The third kappa shape index (κ3) is 5.90. The molecule has 2 aliphatic rings. The topological polar surface area (TPSA) is 204 Å². The smallest absolute Gasteiger partial charge is 0.480 e. The fourth-order valence-corrected chi connectivity index (χ4v) is 7.51. The average molecular weight is 689 g/mol. The number of β-lactam (4-membered cyclic amide) rings is 1. The normalized spacial score (nSPS) is 19.7. The monoisotopic (exact) mass is 688 g/mol. The predicted molar refractivity (Wildman–Crippen MR) is 173 cm³/mol. The number of benzene rings is 3. The molecule has 6 rings (SSSR count). The van der Waals surface area contributed by atoms with Crippen LogP contribution in [0.5, 0.6) is 5.75 Å². The number of carboxylic acids is 1. The van der Waals surface area contributed by atoms with Crippen molar-refractivity contribution in [2.75, 3.05) is 7.11 Å². The van der Waals surface area contributed by atoms with Gasteiger partial charge in [0.2, 0.25) is 11.8 Å². The van der Waals surface area contributed by atoms with Crippen molar-refractivity contribution in [1.29, 1.82) is 0 Å². The van der Waals surface area contributed by atoms with Crippen LogP contribution in [0.3, 0.4) is 0 Å². The quantitative estimate of drug-likeness (QED) is 0.139. The van der Waals surface area contributed by atoms with E-state index in [9.17, 15) is 38.7 Å². The Labute approximate surface area is 280 Å². The first kappa shape index (κ1) is 33.0. The number of hydrogen-bond donors (Lipinski definition) is 3. The highest BCUT2D eigenvalue weighted by Gasteiger charge is 2.64. The Bertz CT molecular complexity index is 2150. The summed E-state index contributed by atoms with van der Waals surface area (Å²) in [5.41, 5.74) is -0.757. The third-order valence-electron chi connectivity index (χ3n) is 8.15. The summed E-state index contributed by atoms with van der Waals surface area (Å²) in [4.78, 5) is 91.6. The molecule has 2 aliphatic heterocycles. The second kappa shape index (κ2) is 12.6. The Morgan fingerprint density at radius 2 is 1.69 bits per heavy atom. The maximum Gasteiger partial charge on any atom is 0.513 e. The molecule has 0 aliphatic carbocycles. The van der Waals surface area contributed by atoms with Crippen LogP contribution >= 0.6 is 11.8 Å². The minimum Gasteiger partial charge on any atom is -0.480 e. The van der Waals surface area contributed by atoms with Crippen LogP contribution in [0.1, 0.15) is 35.8 Å². The van der Waals surface area contributed by atoms with E-state index in [0.29, 0.717) is 10.1 Å². The Morgan fingerprint density at radius 1 is 0.980 bits per heavy atom. The van der Waals surface area contributed by atoms with Gasteiger partial charge >= 0.3 is 17.9 Å². The Morgan fingerprint density at radius 3 is 2.39 bits per heavy atom. The van der Waals surface area contributed by atoms with Crippen molar-refractivity contribution in [3.05, 3.63) is 105 Å². The van der Waals surface area contributed by atoms with Crippen molar-refractivity contribution in [1.82, 2.24) is 20.1 Å². The molecule has 3 N–H and O–H groups in total. The van der Waals surface area contributed by atoms with Gasteiger partial charge in [0.25, 0.3) is 11.5 Å². The van der Waals surface area contributed by atoms with E-state index in [-0.39, 0.29) is 28.0 Å². The summed E-state index contributed by atoms with van der Waals surface area (Å²) in [6.07, 6.45) is -1.09. The number of para-hydroxylation sites is 1. The summed E-state index contributed by atoms with van der Waals surface area (Å²) < 4.78 is 14.7. The van der Waals surface area contributed by atoms with E-state index in [1.165, 1.54) is 59.1 Å². The maximum atomic E-state index is 13.7. The van der Waals surface area contributed by atoms with Crippen LogP contribution < -0.4 is 26.7 Å². The molecule has 2 saturated heterocycles. The van der Waals surface area contributed by atoms with E-state index < -0.39 is 69.4 Å². The number of ether oxygens (including phenoxy) is 2. The molecule has 0 saturated carbocycles. The molecule has 3 aromatic carbocycles. The standard InChI is InChI=1S/C33H28N4O11S/c1-33(2)24(30(42)43)37-28(41)22(29(37)49-33)35-26(39)21(16-9-5-4-6-10-16)34-25(38)17-11-7-12-18(15-17)36-27(40)19-13-8-14-20(47-32(45)46-3)23(19)48-31(36)44/h4-15,21-22,24,29H,1-3H3,(H,34,38)(H,35,39)(H,42,43)/t21-,22-,24?,29?/m1/s1. The molecule has 4 aromatic rings. The van der Waals surface area contributed by atoms with Gasteiger partial charge in [-0.05, 0) is 49.7 Å². The van der Waals surface area contributed by atoms with Gasteiger partial charge in [0.15, 0.2) is 11.3 Å². The highest BCUT2D eigenvalue weighted by atomic mass is 32.2. The highest BCUT2D eigenvalue weighted by Crippen LogP contribution is 2.50. The lowest BCUT2D eigenvalue weighted by molar-refractivity contribution is -0.161. The average Bonchev–Trinajstić information content (AvgIpc) is 3.34. The van der Waals surface area contributed by atoms with E-state index in [4.69, 9.17) is 9.15 Å². The van der Waals surface area contributed by atoms with Gasteiger partial charge in [-0.3, -0.25) is 19.2 Å². The summed E-state index contributed by atoms with van der Waals surface area (Å²) in [6, 6.07) is 14.5. The summed E-state index contributed by atoms with van der Waals surface area (Å²) in [5, 5.41) is 14.4. The van der Waals surface area contributed by atoms with Crippen LogP contribution in [0.25, 0.3) is 16.7 Å². The molecule has 4 atom stereocenters. The van der Waals surface area contributed by atoms with Gasteiger partial charge in [0.05, 0.1) is 18.2 Å². The molecule has 252 valence electrons. The van der Waals surface area contributed by atoms with E-state index in [0.717, 1.165) is 7.11 Å². The lowest BCUT2D eigenvalue weighted by atomic mass is 9.95. The zero-order chi connectivity index (χ0) is 35.2. The molecule has 49 heavy (non-hydrogen) atoms. The number of carbonyl (C=O) groups is 5. The van der Waals surface area contributed by atoms with Gasteiger partial charge in [-0.2, -0.15) is 0 Å². The van der Waals surface area contributed by atoms with E-state index in [1.807, 2.05) is 0 Å². The summed E-state index contributed by atoms with van der Waals surface area (Å²) >= 11 is 1.27. The first-order chi connectivity index (χ1) is 23.3. The van der Waals surface area contributed by atoms with E-state index in [2.05, 4.69) is 15.4 Å². The number of aliphatic carboxylic acids is 1. The molecule has 0 spiro atoms. The second-order valence-corrected chi connectivity index (χ2v) is 13.4. The van der Waals surface area contributed by atoms with Crippen LogP contribution in [0, 0.1) is 0 Å². The van der Waals surface area contributed by atoms with Gasteiger partial charge in [-0.15, -0.1) is 11.8 Å². The largest absolute Gasteiger partial charge is 0.513 e. The Kier molecular flexibility index (Phi) is 8.50. The number of carbonyl (C=O) groups excluding carboxylic acids is 4. The van der Waals surface area contributed by atoms with Crippen LogP contribution in [0.15, 0.2) is 86.8 Å². The van der Waals surface area contributed by atoms with Gasteiger partial charge < -0.3 is 34.5 Å². The molecular formula is C33H28N4O11S. The van der Waals surface area contributed by atoms with Gasteiger partial charge in [-0.1, -0.05) is 42.5 Å². The molecule has 2 unspecified atom stereocenters. The van der Waals surface area contributed by atoms with Gasteiger partial charge in [0, 0.05) is 10.3 Å². The SMILES string of the molecule is COC(=O)Oc1cccc2c(=O)n(-c3cccc(C(=O)N[C@@H](C(=O)N[C@@H]4C(=O)N5C4SC(C)(C)C5C(=O)O)c4ccccc4)c3)c(=O)oc12. The molecule has 16 heteroatoms.